The molecule has 6 heteroatoms. The molecule has 0 aliphatic carbocycles. The Morgan fingerprint density at radius 1 is 0.369 bits per heavy atom. The topological polar surface area (TPSA) is 56.7 Å². The number of aromatic nitrogens is 4. The van der Waals surface area contributed by atoms with Crippen molar-refractivity contribution in [1.82, 2.24) is 19.5 Å². The Kier molecular flexibility index (Phi) is 7.79. The van der Waals surface area contributed by atoms with E-state index in [-0.39, 0.29) is 0 Å². The van der Waals surface area contributed by atoms with Crippen molar-refractivity contribution >= 4 is 96.8 Å². The summed E-state index contributed by atoms with van der Waals surface area (Å²) in [5.41, 5.74) is 10.3. The number of para-hydroxylation sites is 2. The van der Waals surface area contributed by atoms with Crippen molar-refractivity contribution in [3.63, 3.8) is 0 Å². The molecule has 0 saturated carbocycles. The number of benzene rings is 10. The zero-order chi connectivity index (χ0) is 42.6. The normalized spacial score (nSPS) is 12.0. The molecule has 0 bridgehead atoms. The third kappa shape index (κ3) is 5.61. The predicted molar refractivity (Wildman–Crippen MR) is 271 cm³/mol. The Morgan fingerprint density at radius 2 is 0.985 bits per heavy atom. The number of furan rings is 1. The molecule has 14 aromatic rings. The van der Waals surface area contributed by atoms with Gasteiger partial charge < -0.3 is 8.98 Å². The van der Waals surface area contributed by atoms with Crippen molar-refractivity contribution in [1.29, 1.82) is 0 Å². The van der Waals surface area contributed by atoms with Gasteiger partial charge in [-0.3, -0.25) is 0 Å². The fourth-order valence-electron chi connectivity index (χ4n) is 10.0. The van der Waals surface area contributed by atoms with Crippen LogP contribution in [0.1, 0.15) is 0 Å². The molecule has 0 radical (unpaired) electrons. The Balaban J connectivity index is 0.966. The van der Waals surface area contributed by atoms with Gasteiger partial charge in [-0.2, -0.15) is 0 Å². The highest BCUT2D eigenvalue weighted by molar-refractivity contribution is 7.26. The molecule has 10 aromatic carbocycles. The summed E-state index contributed by atoms with van der Waals surface area (Å²) in [6, 6.07) is 73.4. The van der Waals surface area contributed by atoms with E-state index in [1.807, 2.05) is 29.5 Å². The molecule has 0 aliphatic rings. The average Bonchev–Trinajstić information content (AvgIpc) is 4.05. The molecule has 0 saturated heterocycles. The second-order valence-electron chi connectivity index (χ2n) is 16.7. The van der Waals surface area contributed by atoms with Crippen LogP contribution in [0.2, 0.25) is 0 Å². The minimum absolute atomic E-state index is 0.591. The summed E-state index contributed by atoms with van der Waals surface area (Å²) in [6.07, 6.45) is 0. The molecular formula is C59H34N4OS. The Morgan fingerprint density at radius 3 is 1.82 bits per heavy atom. The van der Waals surface area contributed by atoms with Gasteiger partial charge in [0, 0.05) is 53.7 Å². The first-order valence-corrected chi connectivity index (χ1v) is 22.7. The Hall–Kier alpha value is -8.45. The van der Waals surface area contributed by atoms with Gasteiger partial charge in [0.05, 0.1) is 21.4 Å². The highest BCUT2D eigenvalue weighted by Crippen LogP contribution is 2.45. The van der Waals surface area contributed by atoms with Gasteiger partial charge in [-0.15, -0.1) is 11.3 Å². The second-order valence-corrected chi connectivity index (χ2v) is 17.8. The minimum atomic E-state index is 0.591. The van der Waals surface area contributed by atoms with Crippen LogP contribution in [0.25, 0.3) is 136 Å². The fourth-order valence-corrected chi connectivity index (χ4v) is 11.2. The molecule has 0 spiro atoms. The maximum atomic E-state index is 6.33. The number of thiophene rings is 1. The van der Waals surface area contributed by atoms with Crippen LogP contribution in [0.5, 0.6) is 0 Å². The van der Waals surface area contributed by atoms with Gasteiger partial charge in [-0.05, 0) is 81.2 Å². The number of nitrogens with zero attached hydrogens (tertiary/aromatic N) is 4. The molecule has 302 valence electrons. The van der Waals surface area contributed by atoms with Gasteiger partial charge >= 0.3 is 0 Å². The van der Waals surface area contributed by atoms with Gasteiger partial charge in [0.25, 0.3) is 0 Å². The maximum Gasteiger partial charge on any atom is 0.164 e. The number of hydrogen-bond acceptors (Lipinski definition) is 5. The maximum absolute atomic E-state index is 6.33. The number of fused-ring (bicyclic) bond motifs is 12. The lowest BCUT2D eigenvalue weighted by molar-refractivity contribution is 0.669. The second kappa shape index (κ2) is 14.0. The summed E-state index contributed by atoms with van der Waals surface area (Å²) >= 11 is 1.82. The van der Waals surface area contributed by atoms with Gasteiger partial charge in [-0.25, -0.2) is 15.0 Å². The van der Waals surface area contributed by atoms with Crippen LogP contribution < -0.4 is 0 Å². The van der Waals surface area contributed by atoms with E-state index in [2.05, 4.69) is 193 Å². The number of hydrogen-bond donors (Lipinski definition) is 0. The first-order valence-electron chi connectivity index (χ1n) is 21.8. The molecule has 14 rings (SSSR count). The molecular weight excluding hydrogens is 813 g/mol. The van der Waals surface area contributed by atoms with Crippen molar-refractivity contribution in [3.8, 4) is 51.0 Å². The highest BCUT2D eigenvalue weighted by Gasteiger charge is 2.21. The summed E-state index contributed by atoms with van der Waals surface area (Å²) in [7, 11) is 0. The monoisotopic (exact) mass is 846 g/mol. The van der Waals surface area contributed by atoms with Gasteiger partial charge in [0.2, 0.25) is 0 Å². The molecule has 65 heavy (non-hydrogen) atoms. The summed E-state index contributed by atoms with van der Waals surface area (Å²) < 4.78 is 11.2. The lowest BCUT2D eigenvalue weighted by Crippen LogP contribution is -2.00. The van der Waals surface area contributed by atoms with Crippen LogP contribution in [-0.4, -0.2) is 19.5 Å². The summed E-state index contributed by atoms with van der Waals surface area (Å²) in [5.74, 6) is 1.83. The van der Waals surface area contributed by atoms with Crippen molar-refractivity contribution in [2.75, 3.05) is 0 Å². The van der Waals surface area contributed by atoms with E-state index in [1.165, 1.54) is 69.3 Å². The fraction of sp³-hybridized carbons (Fsp3) is 0. The molecule has 0 fully saturated rings. The van der Waals surface area contributed by atoms with Crippen LogP contribution in [0, 0.1) is 0 Å². The molecule has 5 nitrogen and oxygen atoms in total. The molecule has 0 atom stereocenters. The molecule has 0 N–H and O–H groups in total. The Bertz CT molecular complexity index is 4260. The van der Waals surface area contributed by atoms with Crippen LogP contribution >= 0.6 is 11.3 Å². The van der Waals surface area contributed by atoms with E-state index in [0.29, 0.717) is 17.5 Å². The zero-order valence-corrected chi connectivity index (χ0v) is 35.6. The molecule has 4 heterocycles. The highest BCUT2D eigenvalue weighted by atomic mass is 32.1. The third-order valence-electron chi connectivity index (χ3n) is 13.0. The van der Waals surface area contributed by atoms with E-state index in [1.54, 1.807) is 0 Å². The first-order chi connectivity index (χ1) is 32.2. The summed E-state index contributed by atoms with van der Waals surface area (Å²) in [6.45, 7) is 0. The van der Waals surface area contributed by atoms with E-state index in [4.69, 9.17) is 19.4 Å². The van der Waals surface area contributed by atoms with Crippen molar-refractivity contribution in [2.24, 2.45) is 0 Å². The zero-order valence-electron chi connectivity index (χ0n) is 34.7. The SMILES string of the molecule is c1ccc(-c2cc3c(c4ccccc24)c2ccccc2n3-c2cccc3c2sc2cc(-c4nc(-c5ccc6ccccc6c5)nc(-c5ccc6c(c5)oc5ccccc56)n4)ccc23)cc1. The average molecular weight is 847 g/mol. The van der Waals surface area contributed by atoms with Gasteiger partial charge in [0.15, 0.2) is 17.5 Å². The van der Waals surface area contributed by atoms with Crippen LogP contribution in [0.4, 0.5) is 0 Å². The van der Waals surface area contributed by atoms with Crippen LogP contribution in [-0.2, 0) is 0 Å². The summed E-state index contributed by atoms with van der Waals surface area (Å²) in [4.78, 5) is 15.5. The van der Waals surface area contributed by atoms with Crippen LogP contribution in [0.3, 0.4) is 0 Å². The lowest BCUT2D eigenvalue weighted by atomic mass is 9.95. The number of rotatable bonds is 5. The third-order valence-corrected chi connectivity index (χ3v) is 14.2. The van der Waals surface area contributed by atoms with Gasteiger partial charge in [0.1, 0.15) is 11.2 Å². The van der Waals surface area contributed by atoms with E-state index in [0.717, 1.165) is 49.7 Å². The lowest BCUT2D eigenvalue weighted by Gasteiger charge is -2.13. The van der Waals surface area contributed by atoms with Crippen molar-refractivity contribution in [3.05, 3.63) is 206 Å². The van der Waals surface area contributed by atoms with Crippen molar-refractivity contribution < 1.29 is 4.42 Å². The quantitative estimate of drug-likeness (QED) is 0.173. The first kappa shape index (κ1) is 36.1. The van der Waals surface area contributed by atoms with E-state index < -0.39 is 0 Å². The van der Waals surface area contributed by atoms with Crippen LogP contribution in [0.15, 0.2) is 211 Å². The molecule has 4 aromatic heterocycles. The standard InChI is InChI=1S/C59H34N4OS/c1-2-14-36(15-3-1)48-34-51-55(45-19-7-6-17-41(45)48)47-20-8-10-22-49(47)63(51)50-23-12-21-46-44-30-28-40(33-54(44)65-56(46)50)59-61-57(38-26-25-35-13-4-5-16-37(35)31-38)60-58(62-59)39-27-29-43-42-18-9-11-24-52(42)64-53(43)32-39/h1-34H. The Labute approximate surface area is 376 Å². The van der Waals surface area contributed by atoms with Crippen molar-refractivity contribution in [2.45, 2.75) is 0 Å². The molecule has 0 aliphatic heterocycles. The largest absolute Gasteiger partial charge is 0.456 e. The van der Waals surface area contributed by atoms with E-state index >= 15 is 0 Å². The van der Waals surface area contributed by atoms with E-state index in [9.17, 15) is 0 Å². The minimum Gasteiger partial charge on any atom is -0.456 e. The molecule has 0 amide bonds. The smallest absolute Gasteiger partial charge is 0.164 e. The molecule has 0 unspecified atom stereocenters. The van der Waals surface area contributed by atoms with Gasteiger partial charge in [-0.1, -0.05) is 158 Å². The predicted octanol–water partition coefficient (Wildman–Crippen LogP) is 16.2. The summed E-state index contributed by atoms with van der Waals surface area (Å²) in [5, 5.41) is 11.9.